The van der Waals surface area contributed by atoms with Crippen molar-refractivity contribution in [2.75, 3.05) is 0 Å². The highest BCUT2D eigenvalue weighted by molar-refractivity contribution is 9.13. The van der Waals surface area contributed by atoms with Gasteiger partial charge in [-0.1, -0.05) is 6.07 Å². The second-order valence-corrected chi connectivity index (χ2v) is 8.22. The van der Waals surface area contributed by atoms with Crippen LogP contribution in [0.5, 0.6) is 0 Å². The third kappa shape index (κ3) is 2.72. The number of hydrazine groups is 1. The first-order valence-corrected chi connectivity index (χ1v) is 8.95. The molecule has 106 valence electrons. The van der Waals surface area contributed by atoms with Crippen LogP contribution < -0.4 is 11.3 Å². The summed E-state index contributed by atoms with van der Waals surface area (Å²) in [7, 11) is 0. The quantitative estimate of drug-likeness (QED) is 0.579. The van der Waals surface area contributed by atoms with Crippen molar-refractivity contribution in [2.45, 2.75) is 31.2 Å². The van der Waals surface area contributed by atoms with Crippen LogP contribution in [-0.2, 0) is 6.42 Å². The predicted octanol–water partition coefficient (Wildman–Crippen LogP) is 4.29. The molecule has 2 heterocycles. The zero-order valence-corrected chi connectivity index (χ0v) is 14.8. The SMILES string of the molecule is NNC(c1cc(Br)c(Br)s1)C1CCCc2cccnc21. The first-order chi connectivity index (χ1) is 9.70. The van der Waals surface area contributed by atoms with Gasteiger partial charge in [0.25, 0.3) is 0 Å². The van der Waals surface area contributed by atoms with E-state index in [-0.39, 0.29) is 6.04 Å². The Morgan fingerprint density at radius 3 is 3.00 bits per heavy atom. The summed E-state index contributed by atoms with van der Waals surface area (Å²) in [6.07, 6.45) is 5.31. The number of hydrogen-bond donors (Lipinski definition) is 2. The van der Waals surface area contributed by atoms with E-state index >= 15 is 0 Å². The van der Waals surface area contributed by atoms with Crippen molar-refractivity contribution in [2.24, 2.45) is 5.84 Å². The Kier molecular flexibility index (Phi) is 4.57. The Hall–Kier alpha value is -0.270. The van der Waals surface area contributed by atoms with Gasteiger partial charge in [0.15, 0.2) is 0 Å². The molecular formula is C14H15Br2N3S. The molecule has 0 saturated carbocycles. The summed E-state index contributed by atoms with van der Waals surface area (Å²) in [5, 5.41) is 0. The molecule has 0 amide bonds. The molecule has 0 aliphatic heterocycles. The molecule has 2 unspecified atom stereocenters. The summed E-state index contributed by atoms with van der Waals surface area (Å²) >= 11 is 8.82. The number of hydrogen-bond acceptors (Lipinski definition) is 4. The molecule has 0 fully saturated rings. The van der Waals surface area contributed by atoms with Gasteiger partial charge in [-0.15, -0.1) is 11.3 Å². The summed E-state index contributed by atoms with van der Waals surface area (Å²) < 4.78 is 2.18. The molecule has 2 aromatic rings. The summed E-state index contributed by atoms with van der Waals surface area (Å²) in [6, 6.07) is 6.44. The Bertz CT molecular complexity index is 595. The zero-order chi connectivity index (χ0) is 14.1. The molecule has 3 N–H and O–H groups in total. The van der Waals surface area contributed by atoms with Gasteiger partial charge in [-0.3, -0.25) is 16.3 Å². The van der Waals surface area contributed by atoms with Gasteiger partial charge in [-0.05, 0) is 68.8 Å². The zero-order valence-electron chi connectivity index (χ0n) is 10.8. The monoisotopic (exact) mass is 415 g/mol. The maximum Gasteiger partial charge on any atom is 0.0843 e. The summed E-state index contributed by atoms with van der Waals surface area (Å²) in [5.74, 6) is 6.19. The highest BCUT2D eigenvalue weighted by Gasteiger charge is 2.30. The third-order valence-electron chi connectivity index (χ3n) is 3.79. The Labute approximate surface area is 139 Å². The second-order valence-electron chi connectivity index (χ2n) is 4.96. The molecule has 6 heteroatoms. The molecule has 2 atom stereocenters. The summed E-state index contributed by atoms with van der Waals surface area (Å²) in [5.41, 5.74) is 5.55. The van der Waals surface area contributed by atoms with Gasteiger partial charge in [0.2, 0.25) is 0 Å². The molecule has 2 aromatic heterocycles. The fourth-order valence-corrected chi connectivity index (χ4v) is 5.10. The van der Waals surface area contributed by atoms with E-state index in [0.29, 0.717) is 5.92 Å². The predicted molar refractivity (Wildman–Crippen MR) is 89.7 cm³/mol. The standard InChI is InChI=1S/C14H15Br2N3S/c15-10-7-11(20-14(10)16)13(19-17)9-5-1-3-8-4-2-6-18-12(8)9/h2,4,6-7,9,13,19H,1,3,5,17H2. The highest BCUT2D eigenvalue weighted by Crippen LogP contribution is 2.43. The van der Waals surface area contributed by atoms with E-state index < -0.39 is 0 Å². The lowest BCUT2D eigenvalue weighted by Crippen LogP contribution is -2.34. The van der Waals surface area contributed by atoms with Gasteiger partial charge in [0, 0.05) is 27.2 Å². The van der Waals surface area contributed by atoms with Crippen molar-refractivity contribution >= 4 is 43.2 Å². The van der Waals surface area contributed by atoms with E-state index in [1.54, 1.807) is 11.3 Å². The fourth-order valence-electron chi connectivity index (χ4n) is 2.88. The molecular weight excluding hydrogens is 402 g/mol. The number of fused-ring (bicyclic) bond motifs is 1. The highest BCUT2D eigenvalue weighted by atomic mass is 79.9. The van der Waals surface area contributed by atoms with Crippen molar-refractivity contribution in [3.63, 3.8) is 0 Å². The van der Waals surface area contributed by atoms with Gasteiger partial charge in [-0.2, -0.15) is 0 Å². The van der Waals surface area contributed by atoms with E-state index in [1.165, 1.54) is 22.6 Å². The maximum absolute atomic E-state index is 5.85. The van der Waals surface area contributed by atoms with Crippen LogP contribution in [0.1, 0.15) is 40.9 Å². The fraction of sp³-hybridized carbons (Fsp3) is 0.357. The molecule has 3 rings (SSSR count). The molecule has 3 nitrogen and oxygen atoms in total. The normalized spacial score (nSPS) is 19.6. The van der Waals surface area contributed by atoms with Crippen molar-refractivity contribution in [3.8, 4) is 0 Å². The molecule has 0 radical (unpaired) electrons. The lowest BCUT2D eigenvalue weighted by Gasteiger charge is -2.30. The molecule has 0 aromatic carbocycles. The number of thiophene rings is 1. The van der Waals surface area contributed by atoms with Gasteiger partial charge in [0.05, 0.1) is 9.83 Å². The number of aryl methyl sites for hydroxylation is 1. The van der Waals surface area contributed by atoms with Crippen LogP contribution >= 0.6 is 43.2 Å². The van der Waals surface area contributed by atoms with Crippen molar-refractivity contribution in [3.05, 3.63) is 48.8 Å². The van der Waals surface area contributed by atoms with Gasteiger partial charge >= 0.3 is 0 Å². The number of nitrogens with two attached hydrogens (primary N) is 1. The lowest BCUT2D eigenvalue weighted by molar-refractivity contribution is 0.404. The van der Waals surface area contributed by atoms with Gasteiger partial charge in [-0.25, -0.2) is 0 Å². The van der Waals surface area contributed by atoms with Crippen LogP contribution in [0.15, 0.2) is 32.7 Å². The first-order valence-electron chi connectivity index (χ1n) is 6.55. The van der Waals surface area contributed by atoms with Crippen molar-refractivity contribution < 1.29 is 0 Å². The number of pyridine rings is 1. The van der Waals surface area contributed by atoms with Gasteiger partial charge < -0.3 is 0 Å². The molecule has 0 spiro atoms. The minimum absolute atomic E-state index is 0.108. The van der Waals surface area contributed by atoms with Crippen LogP contribution in [-0.4, -0.2) is 4.98 Å². The molecule has 1 aliphatic carbocycles. The Morgan fingerprint density at radius 2 is 2.30 bits per heavy atom. The topological polar surface area (TPSA) is 50.9 Å². The Morgan fingerprint density at radius 1 is 1.45 bits per heavy atom. The smallest absolute Gasteiger partial charge is 0.0843 e. The van der Waals surface area contributed by atoms with E-state index in [0.717, 1.165) is 21.1 Å². The second kappa shape index (κ2) is 6.23. The van der Waals surface area contributed by atoms with E-state index in [9.17, 15) is 0 Å². The third-order valence-corrected chi connectivity index (χ3v) is 7.13. The first kappa shape index (κ1) is 14.7. The van der Waals surface area contributed by atoms with Crippen LogP contribution in [0.25, 0.3) is 0 Å². The number of halogens is 2. The number of nitrogens with one attached hydrogen (secondary N) is 1. The van der Waals surface area contributed by atoms with Crippen molar-refractivity contribution in [1.29, 1.82) is 0 Å². The lowest BCUT2D eigenvalue weighted by atomic mass is 9.81. The van der Waals surface area contributed by atoms with E-state index in [2.05, 4.69) is 54.4 Å². The largest absolute Gasteiger partial charge is 0.271 e. The van der Waals surface area contributed by atoms with Crippen LogP contribution in [0.3, 0.4) is 0 Å². The van der Waals surface area contributed by atoms with Crippen molar-refractivity contribution in [1.82, 2.24) is 10.4 Å². The summed E-state index contributed by atoms with van der Waals surface area (Å²) in [6.45, 7) is 0. The minimum atomic E-state index is 0.108. The molecule has 0 bridgehead atoms. The van der Waals surface area contributed by atoms with Crippen LogP contribution in [0.4, 0.5) is 0 Å². The molecule has 0 saturated heterocycles. The summed E-state index contributed by atoms with van der Waals surface area (Å²) in [4.78, 5) is 5.84. The Balaban J connectivity index is 1.98. The van der Waals surface area contributed by atoms with E-state index in [4.69, 9.17) is 5.84 Å². The number of rotatable bonds is 3. The number of nitrogens with zero attached hydrogens (tertiary/aromatic N) is 1. The van der Waals surface area contributed by atoms with Crippen LogP contribution in [0, 0.1) is 0 Å². The van der Waals surface area contributed by atoms with Gasteiger partial charge in [0.1, 0.15) is 0 Å². The minimum Gasteiger partial charge on any atom is -0.271 e. The number of aromatic nitrogens is 1. The average Bonchev–Trinajstić information content (AvgIpc) is 2.79. The molecule has 1 aliphatic rings. The van der Waals surface area contributed by atoms with E-state index in [1.807, 2.05) is 12.3 Å². The average molecular weight is 417 g/mol. The van der Waals surface area contributed by atoms with Crippen LogP contribution in [0.2, 0.25) is 0 Å². The molecule has 20 heavy (non-hydrogen) atoms. The maximum atomic E-state index is 5.85.